The Bertz CT molecular complexity index is 257. The summed E-state index contributed by atoms with van der Waals surface area (Å²) >= 11 is 10.9. The zero-order valence-electron chi connectivity index (χ0n) is 7.17. The van der Waals surface area contributed by atoms with Crippen molar-refractivity contribution >= 4 is 39.3 Å². The number of nitrogens with zero attached hydrogens (tertiary/aromatic N) is 1. The predicted molar refractivity (Wildman–Crippen MR) is 63.4 cm³/mol. The second-order valence-corrected chi connectivity index (χ2v) is 5.01. The Morgan fingerprint density at radius 2 is 2.31 bits per heavy atom. The van der Waals surface area contributed by atoms with Gasteiger partial charge in [0.25, 0.3) is 0 Å². The van der Waals surface area contributed by atoms with E-state index in [4.69, 9.17) is 11.6 Å². The van der Waals surface area contributed by atoms with Gasteiger partial charge in [0.1, 0.15) is 0 Å². The third-order valence-electron chi connectivity index (χ3n) is 1.45. The molecule has 0 N–H and O–H groups in total. The number of pyridine rings is 1. The van der Waals surface area contributed by atoms with Gasteiger partial charge in [-0.1, -0.05) is 0 Å². The number of aromatic nitrogens is 1. The number of hydrogen-bond donors (Lipinski definition) is 0. The highest BCUT2D eigenvalue weighted by Crippen LogP contribution is 2.16. The summed E-state index contributed by atoms with van der Waals surface area (Å²) in [5.74, 6) is 2.89. The standard InChI is InChI=1S/C9H11BrClNS/c10-9-4-8(5-12-6-9)7-13-3-1-2-11/h4-6H,1-3,7H2. The summed E-state index contributed by atoms with van der Waals surface area (Å²) in [7, 11) is 0. The molecule has 0 bridgehead atoms. The van der Waals surface area contributed by atoms with E-state index in [1.807, 2.05) is 18.0 Å². The smallest absolute Gasteiger partial charge is 0.0410 e. The summed E-state index contributed by atoms with van der Waals surface area (Å²) in [4.78, 5) is 4.10. The molecule has 1 heterocycles. The zero-order chi connectivity index (χ0) is 9.52. The molecule has 0 saturated carbocycles. The lowest BCUT2D eigenvalue weighted by Crippen LogP contribution is -1.85. The number of alkyl halides is 1. The molecule has 1 rings (SSSR count). The van der Waals surface area contributed by atoms with Crippen LogP contribution in [0.1, 0.15) is 12.0 Å². The Hall–Kier alpha value is 0.270. The first kappa shape index (κ1) is 11.3. The predicted octanol–water partition coefficient (Wildman–Crippen LogP) is 3.71. The minimum atomic E-state index is 0.754. The molecule has 72 valence electrons. The van der Waals surface area contributed by atoms with Crippen LogP contribution in [0.5, 0.6) is 0 Å². The van der Waals surface area contributed by atoms with Gasteiger partial charge >= 0.3 is 0 Å². The van der Waals surface area contributed by atoms with Gasteiger partial charge in [-0.05, 0) is 39.7 Å². The second kappa shape index (κ2) is 6.68. The topological polar surface area (TPSA) is 12.9 Å². The first-order chi connectivity index (χ1) is 6.33. The number of hydrogen-bond acceptors (Lipinski definition) is 2. The lowest BCUT2D eigenvalue weighted by Gasteiger charge is -2.00. The molecule has 0 spiro atoms. The molecule has 0 fully saturated rings. The van der Waals surface area contributed by atoms with Crippen molar-refractivity contribution < 1.29 is 0 Å². The Labute approximate surface area is 96.4 Å². The molecule has 13 heavy (non-hydrogen) atoms. The summed E-state index contributed by atoms with van der Waals surface area (Å²) in [5.41, 5.74) is 1.26. The molecule has 0 radical (unpaired) electrons. The SMILES string of the molecule is ClCCCSCc1cncc(Br)c1. The zero-order valence-corrected chi connectivity index (χ0v) is 10.3. The van der Waals surface area contributed by atoms with Crippen LogP contribution in [0.4, 0.5) is 0 Å². The molecule has 1 aromatic heterocycles. The summed E-state index contributed by atoms with van der Waals surface area (Å²) in [5, 5.41) is 0. The molecule has 0 aliphatic heterocycles. The molecular weight excluding hydrogens is 270 g/mol. The summed E-state index contributed by atoms with van der Waals surface area (Å²) in [6.45, 7) is 0. The number of rotatable bonds is 5. The van der Waals surface area contributed by atoms with E-state index in [1.54, 1.807) is 6.20 Å². The van der Waals surface area contributed by atoms with Crippen LogP contribution in [0.15, 0.2) is 22.9 Å². The number of thioether (sulfide) groups is 1. The minimum absolute atomic E-state index is 0.754. The summed E-state index contributed by atoms with van der Waals surface area (Å²) < 4.78 is 1.04. The quantitative estimate of drug-likeness (QED) is 0.602. The van der Waals surface area contributed by atoms with Crippen molar-refractivity contribution in [3.05, 3.63) is 28.5 Å². The first-order valence-corrected chi connectivity index (χ1v) is 6.54. The van der Waals surface area contributed by atoms with Crippen LogP contribution in [0.2, 0.25) is 0 Å². The average molecular weight is 281 g/mol. The Kier molecular flexibility index (Phi) is 5.83. The third kappa shape index (κ3) is 4.89. The molecule has 4 heteroatoms. The fourth-order valence-electron chi connectivity index (χ4n) is 0.881. The summed E-state index contributed by atoms with van der Waals surface area (Å²) in [6.07, 6.45) is 4.78. The Balaban J connectivity index is 2.28. The van der Waals surface area contributed by atoms with E-state index >= 15 is 0 Å². The second-order valence-electron chi connectivity index (χ2n) is 2.61. The van der Waals surface area contributed by atoms with Crippen LogP contribution in [0, 0.1) is 0 Å². The van der Waals surface area contributed by atoms with Gasteiger partial charge in [-0.25, -0.2) is 0 Å². The van der Waals surface area contributed by atoms with Gasteiger partial charge in [0.2, 0.25) is 0 Å². The Morgan fingerprint density at radius 1 is 1.46 bits per heavy atom. The lowest BCUT2D eigenvalue weighted by atomic mass is 10.3. The van der Waals surface area contributed by atoms with Gasteiger partial charge in [0.05, 0.1) is 0 Å². The molecule has 0 amide bonds. The lowest BCUT2D eigenvalue weighted by molar-refractivity contribution is 1.11. The van der Waals surface area contributed by atoms with Crippen LogP contribution >= 0.6 is 39.3 Å². The van der Waals surface area contributed by atoms with Gasteiger partial charge in [0.15, 0.2) is 0 Å². The molecule has 0 atom stereocenters. The van der Waals surface area contributed by atoms with Gasteiger partial charge < -0.3 is 0 Å². The summed E-state index contributed by atoms with van der Waals surface area (Å²) in [6, 6.07) is 2.10. The van der Waals surface area contributed by atoms with Crippen molar-refractivity contribution in [3.63, 3.8) is 0 Å². The van der Waals surface area contributed by atoms with Crippen molar-refractivity contribution in [2.24, 2.45) is 0 Å². The van der Waals surface area contributed by atoms with Crippen molar-refractivity contribution in [2.75, 3.05) is 11.6 Å². The number of halogens is 2. The first-order valence-electron chi connectivity index (χ1n) is 4.06. The fourth-order valence-corrected chi connectivity index (χ4v) is 2.47. The van der Waals surface area contributed by atoms with Crippen molar-refractivity contribution in [3.8, 4) is 0 Å². The largest absolute Gasteiger partial charge is 0.263 e. The van der Waals surface area contributed by atoms with Crippen molar-refractivity contribution in [2.45, 2.75) is 12.2 Å². The molecule has 0 aliphatic carbocycles. The van der Waals surface area contributed by atoms with E-state index < -0.39 is 0 Å². The maximum Gasteiger partial charge on any atom is 0.0410 e. The Morgan fingerprint density at radius 3 is 3.00 bits per heavy atom. The van der Waals surface area contributed by atoms with E-state index in [-0.39, 0.29) is 0 Å². The molecule has 0 aliphatic rings. The van der Waals surface area contributed by atoms with E-state index in [1.165, 1.54) is 5.56 Å². The van der Waals surface area contributed by atoms with Crippen LogP contribution in [0.25, 0.3) is 0 Å². The van der Waals surface area contributed by atoms with Crippen LogP contribution < -0.4 is 0 Å². The van der Waals surface area contributed by atoms with E-state index in [2.05, 4.69) is 27.0 Å². The van der Waals surface area contributed by atoms with Gasteiger partial charge in [0, 0.05) is 28.5 Å². The monoisotopic (exact) mass is 279 g/mol. The minimum Gasteiger partial charge on any atom is -0.263 e. The van der Waals surface area contributed by atoms with Gasteiger partial charge in [-0.2, -0.15) is 11.8 Å². The van der Waals surface area contributed by atoms with Crippen LogP contribution in [-0.4, -0.2) is 16.6 Å². The molecule has 0 saturated heterocycles. The molecule has 1 aromatic rings. The maximum absolute atomic E-state index is 5.58. The fraction of sp³-hybridized carbons (Fsp3) is 0.444. The normalized spacial score (nSPS) is 10.3. The van der Waals surface area contributed by atoms with E-state index in [0.29, 0.717) is 0 Å². The average Bonchev–Trinajstić information content (AvgIpc) is 2.13. The highest BCUT2D eigenvalue weighted by atomic mass is 79.9. The third-order valence-corrected chi connectivity index (χ3v) is 3.27. The highest BCUT2D eigenvalue weighted by molar-refractivity contribution is 9.10. The highest BCUT2D eigenvalue weighted by Gasteiger charge is 1.95. The van der Waals surface area contributed by atoms with E-state index in [0.717, 1.165) is 28.3 Å². The van der Waals surface area contributed by atoms with Crippen molar-refractivity contribution in [1.29, 1.82) is 0 Å². The van der Waals surface area contributed by atoms with Crippen molar-refractivity contribution in [1.82, 2.24) is 4.98 Å². The molecule has 1 nitrogen and oxygen atoms in total. The van der Waals surface area contributed by atoms with Gasteiger partial charge in [-0.15, -0.1) is 11.6 Å². The molecule has 0 unspecified atom stereocenters. The maximum atomic E-state index is 5.58. The molecule has 0 aromatic carbocycles. The van der Waals surface area contributed by atoms with Crippen LogP contribution in [0.3, 0.4) is 0 Å². The van der Waals surface area contributed by atoms with E-state index in [9.17, 15) is 0 Å². The van der Waals surface area contributed by atoms with Crippen LogP contribution in [-0.2, 0) is 5.75 Å². The molecular formula is C9H11BrClNS. The van der Waals surface area contributed by atoms with Gasteiger partial charge in [-0.3, -0.25) is 4.98 Å².